The second-order valence-electron chi connectivity index (χ2n) is 8.80. The zero-order valence-electron chi connectivity index (χ0n) is 17.3. The lowest BCUT2D eigenvalue weighted by Gasteiger charge is -2.30. The number of imide groups is 1. The maximum atomic E-state index is 12.9. The largest absolute Gasteiger partial charge is 0.476 e. The number of fused-ring (bicyclic) bond motifs is 1. The van der Waals surface area contributed by atoms with Crippen molar-refractivity contribution in [2.24, 2.45) is 0 Å². The van der Waals surface area contributed by atoms with Gasteiger partial charge in [0.2, 0.25) is 11.8 Å². The van der Waals surface area contributed by atoms with Crippen molar-refractivity contribution in [1.82, 2.24) is 10.2 Å². The standard InChI is InChI=1S/C21H26N2O6/c1-20(2,3)29-19(27)21(4,5)28-15-8-6-7-12-13(15)11-23(18(12)26)14-9-10-16(24)22-17(14)25/h6-8,14H,9-11H2,1-5H3,(H,22,24,25). The first kappa shape index (κ1) is 20.8. The van der Waals surface area contributed by atoms with E-state index >= 15 is 0 Å². The highest BCUT2D eigenvalue weighted by atomic mass is 16.6. The first-order valence-electron chi connectivity index (χ1n) is 9.58. The van der Waals surface area contributed by atoms with Gasteiger partial charge in [0, 0.05) is 17.5 Å². The van der Waals surface area contributed by atoms with Crippen LogP contribution < -0.4 is 10.1 Å². The fourth-order valence-electron chi connectivity index (χ4n) is 3.37. The summed E-state index contributed by atoms with van der Waals surface area (Å²) in [7, 11) is 0. The van der Waals surface area contributed by atoms with Crippen LogP contribution in [0.2, 0.25) is 0 Å². The van der Waals surface area contributed by atoms with Gasteiger partial charge in [-0.2, -0.15) is 0 Å². The van der Waals surface area contributed by atoms with Gasteiger partial charge in [-0.05, 0) is 53.2 Å². The lowest BCUT2D eigenvalue weighted by molar-refractivity contribution is -0.171. The lowest BCUT2D eigenvalue weighted by atomic mass is 10.0. The van der Waals surface area contributed by atoms with Gasteiger partial charge in [0.1, 0.15) is 17.4 Å². The molecule has 3 rings (SSSR count). The second kappa shape index (κ2) is 7.17. The third kappa shape index (κ3) is 4.26. The van der Waals surface area contributed by atoms with Gasteiger partial charge in [-0.15, -0.1) is 0 Å². The maximum Gasteiger partial charge on any atom is 0.350 e. The van der Waals surface area contributed by atoms with Crippen molar-refractivity contribution in [2.45, 2.75) is 71.2 Å². The van der Waals surface area contributed by atoms with Gasteiger partial charge in [-0.25, -0.2) is 4.79 Å². The highest BCUT2D eigenvalue weighted by Crippen LogP contribution is 2.35. The van der Waals surface area contributed by atoms with Crippen LogP contribution in [-0.2, 0) is 25.7 Å². The fourth-order valence-corrected chi connectivity index (χ4v) is 3.37. The van der Waals surface area contributed by atoms with Crippen LogP contribution in [0.1, 0.15) is 63.4 Å². The number of carbonyl (C=O) groups is 4. The third-order valence-corrected chi connectivity index (χ3v) is 4.79. The average molecular weight is 402 g/mol. The van der Waals surface area contributed by atoms with Crippen molar-refractivity contribution < 1.29 is 28.7 Å². The molecule has 1 saturated heterocycles. The van der Waals surface area contributed by atoms with Crippen molar-refractivity contribution in [1.29, 1.82) is 0 Å². The summed E-state index contributed by atoms with van der Waals surface area (Å²) in [5.41, 5.74) is -0.895. The normalized spacial score (nSPS) is 19.7. The van der Waals surface area contributed by atoms with E-state index in [1.54, 1.807) is 52.8 Å². The first-order valence-corrected chi connectivity index (χ1v) is 9.58. The minimum Gasteiger partial charge on any atom is -0.476 e. The third-order valence-electron chi connectivity index (χ3n) is 4.79. The number of esters is 1. The van der Waals surface area contributed by atoms with Crippen LogP contribution in [0.25, 0.3) is 0 Å². The quantitative estimate of drug-likeness (QED) is 0.610. The van der Waals surface area contributed by atoms with E-state index in [0.717, 1.165) is 0 Å². The summed E-state index contributed by atoms with van der Waals surface area (Å²) in [5.74, 6) is -1.23. The summed E-state index contributed by atoms with van der Waals surface area (Å²) in [5, 5.41) is 2.28. The van der Waals surface area contributed by atoms with Crippen molar-refractivity contribution in [3.05, 3.63) is 29.3 Å². The van der Waals surface area contributed by atoms with E-state index in [1.807, 2.05) is 0 Å². The molecule has 0 bridgehead atoms. The molecule has 2 aliphatic rings. The van der Waals surface area contributed by atoms with Gasteiger partial charge >= 0.3 is 5.97 Å². The molecule has 0 spiro atoms. The van der Waals surface area contributed by atoms with E-state index in [9.17, 15) is 19.2 Å². The summed E-state index contributed by atoms with van der Waals surface area (Å²) >= 11 is 0. The van der Waals surface area contributed by atoms with Gasteiger partial charge in [0.05, 0.1) is 6.54 Å². The molecule has 2 heterocycles. The molecule has 0 aliphatic carbocycles. The molecule has 1 N–H and O–H groups in total. The Morgan fingerprint density at radius 2 is 1.83 bits per heavy atom. The highest BCUT2D eigenvalue weighted by Gasteiger charge is 2.41. The Morgan fingerprint density at radius 1 is 1.14 bits per heavy atom. The number of nitrogens with one attached hydrogen (secondary N) is 1. The van der Waals surface area contributed by atoms with Gasteiger partial charge in [-0.3, -0.25) is 19.7 Å². The summed E-state index contributed by atoms with van der Waals surface area (Å²) in [6, 6.07) is 4.31. The molecule has 29 heavy (non-hydrogen) atoms. The van der Waals surface area contributed by atoms with Crippen LogP contribution in [-0.4, -0.2) is 45.8 Å². The molecule has 0 saturated carbocycles. The van der Waals surface area contributed by atoms with Crippen molar-refractivity contribution in [3.63, 3.8) is 0 Å². The Morgan fingerprint density at radius 3 is 2.45 bits per heavy atom. The monoisotopic (exact) mass is 402 g/mol. The first-order chi connectivity index (χ1) is 13.4. The molecule has 1 unspecified atom stereocenters. The Balaban J connectivity index is 1.83. The number of benzene rings is 1. The molecule has 8 heteroatoms. The minimum absolute atomic E-state index is 0.168. The molecule has 8 nitrogen and oxygen atoms in total. The van der Waals surface area contributed by atoms with Gasteiger partial charge < -0.3 is 14.4 Å². The number of hydrogen-bond acceptors (Lipinski definition) is 6. The van der Waals surface area contributed by atoms with E-state index in [-0.39, 0.29) is 31.2 Å². The van der Waals surface area contributed by atoms with Crippen LogP contribution in [0.15, 0.2) is 18.2 Å². The summed E-state index contributed by atoms with van der Waals surface area (Å²) < 4.78 is 11.4. The molecule has 3 amide bonds. The topological polar surface area (TPSA) is 102 Å². The van der Waals surface area contributed by atoms with Crippen LogP contribution in [0.4, 0.5) is 0 Å². The van der Waals surface area contributed by atoms with Crippen molar-refractivity contribution in [3.8, 4) is 5.75 Å². The zero-order valence-corrected chi connectivity index (χ0v) is 17.3. The van der Waals surface area contributed by atoms with Crippen molar-refractivity contribution in [2.75, 3.05) is 0 Å². The Bertz CT molecular complexity index is 884. The molecular formula is C21H26N2O6. The molecule has 0 aromatic heterocycles. The molecule has 1 aromatic carbocycles. The van der Waals surface area contributed by atoms with Gasteiger partial charge in [0.15, 0.2) is 5.60 Å². The molecule has 1 aromatic rings. The van der Waals surface area contributed by atoms with Gasteiger partial charge in [0.25, 0.3) is 5.91 Å². The van der Waals surface area contributed by atoms with Crippen LogP contribution in [0, 0.1) is 0 Å². The number of ether oxygens (including phenoxy) is 2. The van der Waals surface area contributed by atoms with E-state index in [0.29, 0.717) is 16.9 Å². The van der Waals surface area contributed by atoms with E-state index < -0.39 is 29.1 Å². The number of piperidine rings is 1. The average Bonchev–Trinajstić information content (AvgIpc) is 2.91. The van der Waals surface area contributed by atoms with E-state index in [1.165, 1.54) is 4.90 Å². The second-order valence-corrected chi connectivity index (χ2v) is 8.80. The Kier molecular flexibility index (Phi) is 5.15. The molecule has 1 fully saturated rings. The lowest BCUT2D eigenvalue weighted by Crippen LogP contribution is -2.52. The Hall–Kier alpha value is -2.90. The summed E-state index contributed by atoms with van der Waals surface area (Å²) in [4.78, 5) is 50.5. The SMILES string of the molecule is CC(C)(C)OC(=O)C(C)(C)Oc1cccc2c1CN(C1CCC(=O)NC1=O)C2=O. The van der Waals surface area contributed by atoms with Gasteiger partial charge in [-0.1, -0.05) is 6.07 Å². The smallest absolute Gasteiger partial charge is 0.350 e. The minimum atomic E-state index is -1.27. The van der Waals surface area contributed by atoms with Crippen LogP contribution in [0.5, 0.6) is 5.75 Å². The summed E-state index contributed by atoms with van der Waals surface area (Å²) in [6.45, 7) is 8.71. The summed E-state index contributed by atoms with van der Waals surface area (Å²) in [6.07, 6.45) is 0.468. The van der Waals surface area contributed by atoms with Crippen LogP contribution >= 0.6 is 0 Å². The predicted molar refractivity (Wildman–Crippen MR) is 103 cm³/mol. The molecule has 156 valence electrons. The maximum absolute atomic E-state index is 12.9. The Labute approximate surface area is 169 Å². The van der Waals surface area contributed by atoms with E-state index in [2.05, 4.69) is 5.32 Å². The number of nitrogens with zero attached hydrogens (tertiary/aromatic N) is 1. The van der Waals surface area contributed by atoms with Crippen molar-refractivity contribution >= 4 is 23.7 Å². The fraction of sp³-hybridized carbons (Fsp3) is 0.524. The number of carbonyl (C=O) groups excluding carboxylic acids is 4. The molecular weight excluding hydrogens is 376 g/mol. The molecule has 0 radical (unpaired) electrons. The molecule has 2 aliphatic heterocycles. The van der Waals surface area contributed by atoms with E-state index in [4.69, 9.17) is 9.47 Å². The number of rotatable bonds is 4. The predicted octanol–water partition coefficient (Wildman–Crippen LogP) is 1.95. The van der Waals surface area contributed by atoms with Crippen LogP contribution in [0.3, 0.4) is 0 Å². The highest BCUT2D eigenvalue weighted by molar-refractivity contribution is 6.05. The zero-order chi connectivity index (χ0) is 21.6. The molecule has 1 atom stereocenters. The number of hydrogen-bond donors (Lipinski definition) is 1. The number of amides is 3.